The zero-order valence-electron chi connectivity index (χ0n) is 9.61. The van der Waals surface area contributed by atoms with Crippen LogP contribution in [0.3, 0.4) is 0 Å². The standard InChI is InChI=1S/C13H17N3/c1-10-12-6-2-3-7-13(12)15-16(10)9-11-5-4-8-14-11/h2-3,6-7,11,14H,4-5,8-9H2,1H3. The molecule has 1 unspecified atom stereocenters. The molecular weight excluding hydrogens is 198 g/mol. The quantitative estimate of drug-likeness (QED) is 0.831. The number of fused-ring (bicyclic) bond motifs is 1. The lowest BCUT2D eigenvalue weighted by atomic mass is 10.2. The van der Waals surface area contributed by atoms with Gasteiger partial charge in [-0.2, -0.15) is 5.10 Å². The van der Waals surface area contributed by atoms with Crippen LogP contribution in [0.2, 0.25) is 0 Å². The molecule has 1 aromatic heterocycles. The Kier molecular flexibility index (Phi) is 2.40. The smallest absolute Gasteiger partial charge is 0.0926 e. The molecule has 0 amide bonds. The highest BCUT2D eigenvalue weighted by molar-refractivity contribution is 5.81. The second-order valence-corrected chi connectivity index (χ2v) is 4.58. The van der Waals surface area contributed by atoms with Gasteiger partial charge < -0.3 is 5.32 Å². The number of hydrogen-bond donors (Lipinski definition) is 1. The molecule has 2 heterocycles. The maximum absolute atomic E-state index is 4.65. The average Bonchev–Trinajstić information content (AvgIpc) is 2.90. The first-order chi connectivity index (χ1) is 7.84. The highest BCUT2D eigenvalue weighted by Gasteiger charge is 2.16. The molecule has 1 aliphatic rings. The van der Waals surface area contributed by atoms with Crippen molar-refractivity contribution < 1.29 is 0 Å². The van der Waals surface area contributed by atoms with Crippen molar-refractivity contribution in [3.63, 3.8) is 0 Å². The van der Waals surface area contributed by atoms with Crippen molar-refractivity contribution in [2.45, 2.75) is 32.4 Å². The maximum atomic E-state index is 4.65. The van der Waals surface area contributed by atoms with Crippen LogP contribution in [-0.4, -0.2) is 22.4 Å². The van der Waals surface area contributed by atoms with Crippen molar-refractivity contribution >= 4 is 10.9 Å². The minimum atomic E-state index is 0.605. The summed E-state index contributed by atoms with van der Waals surface area (Å²) < 4.78 is 2.15. The Balaban J connectivity index is 1.94. The number of nitrogens with one attached hydrogen (secondary N) is 1. The predicted octanol–water partition coefficient (Wildman–Crippen LogP) is 2.10. The van der Waals surface area contributed by atoms with Crippen LogP contribution in [0.1, 0.15) is 18.5 Å². The summed E-state index contributed by atoms with van der Waals surface area (Å²) in [4.78, 5) is 0. The van der Waals surface area contributed by atoms with Crippen LogP contribution >= 0.6 is 0 Å². The topological polar surface area (TPSA) is 29.9 Å². The van der Waals surface area contributed by atoms with E-state index in [1.54, 1.807) is 0 Å². The minimum absolute atomic E-state index is 0.605. The number of aryl methyl sites for hydroxylation is 1. The largest absolute Gasteiger partial charge is 0.312 e. The van der Waals surface area contributed by atoms with E-state index in [0.29, 0.717) is 6.04 Å². The molecule has 16 heavy (non-hydrogen) atoms. The van der Waals surface area contributed by atoms with Gasteiger partial charge in [-0.25, -0.2) is 0 Å². The first-order valence-corrected chi connectivity index (χ1v) is 6.00. The van der Waals surface area contributed by atoms with Crippen LogP contribution in [0.25, 0.3) is 10.9 Å². The average molecular weight is 215 g/mol. The van der Waals surface area contributed by atoms with Crippen molar-refractivity contribution in [1.29, 1.82) is 0 Å². The summed E-state index contributed by atoms with van der Waals surface area (Å²) in [5, 5.41) is 9.45. The third kappa shape index (κ3) is 1.61. The van der Waals surface area contributed by atoms with Crippen LogP contribution in [-0.2, 0) is 6.54 Å². The van der Waals surface area contributed by atoms with Gasteiger partial charge in [0.05, 0.1) is 12.1 Å². The molecule has 1 N–H and O–H groups in total. The summed E-state index contributed by atoms with van der Waals surface area (Å²) in [6.45, 7) is 4.31. The number of benzene rings is 1. The molecule has 1 atom stereocenters. The van der Waals surface area contributed by atoms with E-state index in [9.17, 15) is 0 Å². The molecule has 0 saturated carbocycles. The molecule has 1 fully saturated rings. The Morgan fingerprint density at radius 1 is 1.44 bits per heavy atom. The van der Waals surface area contributed by atoms with Gasteiger partial charge in [0.1, 0.15) is 0 Å². The minimum Gasteiger partial charge on any atom is -0.312 e. The number of rotatable bonds is 2. The molecule has 3 heteroatoms. The Morgan fingerprint density at radius 2 is 2.31 bits per heavy atom. The lowest BCUT2D eigenvalue weighted by Crippen LogP contribution is -2.27. The molecule has 3 nitrogen and oxygen atoms in total. The SMILES string of the molecule is Cc1c2ccccc2nn1CC1CCCN1. The van der Waals surface area contributed by atoms with Gasteiger partial charge in [-0.05, 0) is 32.4 Å². The highest BCUT2D eigenvalue weighted by Crippen LogP contribution is 2.18. The zero-order chi connectivity index (χ0) is 11.0. The normalized spacial score (nSPS) is 20.7. The molecule has 0 spiro atoms. The van der Waals surface area contributed by atoms with Gasteiger partial charge in [0.25, 0.3) is 0 Å². The third-order valence-corrected chi connectivity index (χ3v) is 3.47. The molecule has 2 aromatic rings. The van der Waals surface area contributed by atoms with Crippen molar-refractivity contribution in [2.24, 2.45) is 0 Å². The summed E-state index contributed by atoms with van der Waals surface area (Å²) >= 11 is 0. The van der Waals surface area contributed by atoms with Crippen molar-refractivity contribution in [1.82, 2.24) is 15.1 Å². The molecule has 0 aliphatic carbocycles. The summed E-state index contributed by atoms with van der Waals surface area (Å²) in [7, 11) is 0. The fourth-order valence-electron chi connectivity index (χ4n) is 2.51. The van der Waals surface area contributed by atoms with Crippen LogP contribution in [0, 0.1) is 6.92 Å². The second-order valence-electron chi connectivity index (χ2n) is 4.58. The van der Waals surface area contributed by atoms with E-state index >= 15 is 0 Å². The van der Waals surface area contributed by atoms with E-state index in [0.717, 1.165) is 18.6 Å². The molecule has 0 radical (unpaired) electrons. The van der Waals surface area contributed by atoms with Gasteiger partial charge in [0.2, 0.25) is 0 Å². The Labute approximate surface area is 95.5 Å². The summed E-state index contributed by atoms with van der Waals surface area (Å²) in [6, 6.07) is 8.97. The monoisotopic (exact) mass is 215 g/mol. The van der Waals surface area contributed by atoms with Crippen molar-refractivity contribution in [3.05, 3.63) is 30.0 Å². The molecule has 84 valence electrons. The maximum Gasteiger partial charge on any atom is 0.0926 e. The van der Waals surface area contributed by atoms with E-state index < -0.39 is 0 Å². The van der Waals surface area contributed by atoms with E-state index in [1.807, 2.05) is 6.07 Å². The molecule has 0 bridgehead atoms. The van der Waals surface area contributed by atoms with Crippen LogP contribution in [0.4, 0.5) is 0 Å². The molecule has 1 aromatic carbocycles. The third-order valence-electron chi connectivity index (χ3n) is 3.47. The highest BCUT2D eigenvalue weighted by atomic mass is 15.3. The zero-order valence-corrected chi connectivity index (χ0v) is 9.61. The van der Waals surface area contributed by atoms with Gasteiger partial charge in [-0.1, -0.05) is 18.2 Å². The fraction of sp³-hybridized carbons (Fsp3) is 0.462. The molecular formula is C13H17N3. The number of nitrogens with zero attached hydrogens (tertiary/aromatic N) is 2. The molecule has 3 rings (SSSR count). The molecule has 1 saturated heterocycles. The van der Waals surface area contributed by atoms with Gasteiger partial charge >= 0.3 is 0 Å². The van der Waals surface area contributed by atoms with E-state index in [2.05, 4.69) is 40.2 Å². The van der Waals surface area contributed by atoms with Crippen molar-refractivity contribution in [2.75, 3.05) is 6.54 Å². The van der Waals surface area contributed by atoms with Gasteiger partial charge in [0.15, 0.2) is 0 Å². The van der Waals surface area contributed by atoms with Gasteiger partial charge in [-0.15, -0.1) is 0 Å². The van der Waals surface area contributed by atoms with Crippen LogP contribution in [0.15, 0.2) is 24.3 Å². The fourth-order valence-corrected chi connectivity index (χ4v) is 2.51. The Hall–Kier alpha value is -1.35. The van der Waals surface area contributed by atoms with E-state index in [-0.39, 0.29) is 0 Å². The Morgan fingerprint density at radius 3 is 3.06 bits per heavy atom. The van der Waals surface area contributed by atoms with Crippen LogP contribution < -0.4 is 5.32 Å². The summed E-state index contributed by atoms with van der Waals surface area (Å²) in [5.74, 6) is 0. The predicted molar refractivity (Wildman–Crippen MR) is 65.5 cm³/mol. The number of hydrogen-bond acceptors (Lipinski definition) is 2. The van der Waals surface area contributed by atoms with Gasteiger partial charge in [-0.3, -0.25) is 4.68 Å². The van der Waals surface area contributed by atoms with E-state index in [4.69, 9.17) is 0 Å². The van der Waals surface area contributed by atoms with Crippen LogP contribution in [0.5, 0.6) is 0 Å². The first kappa shape index (κ1) is 9.85. The van der Waals surface area contributed by atoms with Gasteiger partial charge in [0, 0.05) is 17.1 Å². The second kappa shape index (κ2) is 3.91. The van der Waals surface area contributed by atoms with E-state index in [1.165, 1.54) is 23.9 Å². The first-order valence-electron chi connectivity index (χ1n) is 6.00. The summed E-state index contributed by atoms with van der Waals surface area (Å²) in [6.07, 6.45) is 2.57. The molecule has 1 aliphatic heterocycles. The lowest BCUT2D eigenvalue weighted by molar-refractivity contribution is 0.471. The number of aromatic nitrogens is 2. The Bertz CT molecular complexity index is 495. The van der Waals surface area contributed by atoms with Crippen molar-refractivity contribution in [3.8, 4) is 0 Å². The summed E-state index contributed by atoms with van der Waals surface area (Å²) in [5.41, 5.74) is 2.39. The lowest BCUT2D eigenvalue weighted by Gasteiger charge is -2.11.